The van der Waals surface area contributed by atoms with Gasteiger partial charge in [-0.05, 0) is 54.2 Å². The Balaban J connectivity index is 1.35. The molecule has 1 aliphatic heterocycles. The number of benzene rings is 4. The van der Waals surface area contributed by atoms with Crippen LogP contribution in [0.2, 0.25) is 0 Å². The second-order valence-electron chi connectivity index (χ2n) is 10.6. The first-order valence-corrected chi connectivity index (χ1v) is 14.1. The number of imidazole rings is 1. The van der Waals surface area contributed by atoms with Crippen molar-refractivity contribution in [1.29, 1.82) is 0 Å². The van der Waals surface area contributed by atoms with Crippen LogP contribution in [0, 0.1) is 6.92 Å². The fourth-order valence-electron chi connectivity index (χ4n) is 6.39. The number of carbonyl (C=O) groups excluding carboxylic acids is 1. The van der Waals surface area contributed by atoms with Gasteiger partial charge in [-0.25, -0.2) is 4.98 Å². The molecule has 0 aliphatic carbocycles. The second kappa shape index (κ2) is 10.2. The maximum absolute atomic E-state index is 13.5. The molecule has 200 valence electrons. The van der Waals surface area contributed by atoms with Gasteiger partial charge in [0.15, 0.2) is 0 Å². The molecule has 0 saturated carbocycles. The van der Waals surface area contributed by atoms with Gasteiger partial charge in [0.1, 0.15) is 11.2 Å². The molecular formula is C36H30N4O. The molecular weight excluding hydrogens is 504 g/mol. The Morgan fingerprint density at radius 2 is 1.41 bits per heavy atom. The Morgan fingerprint density at radius 3 is 2.02 bits per heavy atom. The van der Waals surface area contributed by atoms with Crippen LogP contribution in [-0.4, -0.2) is 25.1 Å². The van der Waals surface area contributed by atoms with Crippen LogP contribution in [0.4, 0.5) is 0 Å². The van der Waals surface area contributed by atoms with Crippen molar-refractivity contribution in [3.63, 3.8) is 0 Å². The lowest BCUT2D eigenvalue weighted by Crippen LogP contribution is -2.38. The summed E-state index contributed by atoms with van der Waals surface area (Å²) in [7, 11) is 0. The molecule has 3 heterocycles. The number of rotatable bonds is 7. The highest BCUT2D eigenvalue weighted by molar-refractivity contribution is 6.13. The summed E-state index contributed by atoms with van der Waals surface area (Å²) < 4.78 is 4.22. The Morgan fingerprint density at radius 1 is 0.805 bits per heavy atom. The van der Waals surface area contributed by atoms with Gasteiger partial charge in [-0.1, -0.05) is 109 Å². The first-order chi connectivity index (χ1) is 20.2. The summed E-state index contributed by atoms with van der Waals surface area (Å²) in [5.74, 6) is -0.109. The predicted octanol–water partition coefficient (Wildman–Crippen LogP) is 7.22. The number of aryl methyl sites for hydroxylation is 2. The number of aromatic nitrogens is 4. The minimum absolute atomic E-state index is 0.109. The van der Waals surface area contributed by atoms with Gasteiger partial charge in [-0.3, -0.25) is 9.48 Å². The Kier molecular flexibility index (Phi) is 6.20. The van der Waals surface area contributed by atoms with Crippen LogP contribution in [-0.2, 0) is 18.5 Å². The summed E-state index contributed by atoms with van der Waals surface area (Å²) >= 11 is 0. The molecule has 6 aromatic rings. The van der Waals surface area contributed by atoms with Crippen molar-refractivity contribution in [1.82, 2.24) is 19.3 Å². The second-order valence-corrected chi connectivity index (χ2v) is 10.6. The minimum Gasteiger partial charge on any atom is -0.316 e. The normalized spacial score (nSPS) is 13.2. The molecule has 5 nitrogen and oxygen atoms in total. The van der Waals surface area contributed by atoms with Gasteiger partial charge in [-0.15, -0.1) is 0 Å². The minimum atomic E-state index is -0.655. The fourth-order valence-corrected chi connectivity index (χ4v) is 6.39. The molecule has 0 fully saturated rings. The summed E-state index contributed by atoms with van der Waals surface area (Å²) in [4.78, 5) is 18.3. The molecule has 5 heteroatoms. The summed E-state index contributed by atoms with van der Waals surface area (Å²) in [6.45, 7) is 2.91. The number of nitrogens with zero attached hydrogens (tertiary/aromatic N) is 4. The van der Waals surface area contributed by atoms with Crippen LogP contribution in [0.3, 0.4) is 0 Å². The number of allylic oxidation sites excluding steroid dienone is 1. The molecule has 1 aliphatic rings. The Bertz CT molecular complexity index is 1790. The van der Waals surface area contributed by atoms with E-state index in [0.717, 1.165) is 58.4 Å². The van der Waals surface area contributed by atoms with Crippen LogP contribution in [0.25, 0.3) is 17.0 Å². The van der Waals surface area contributed by atoms with E-state index in [1.54, 1.807) is 6.08 Å². The lowest BCUT2D eigenvalue weighted by atomic mass is 9.76. The van der Waals surface area contributed by atoms with Crippen molar-refractivity contribution >= 4 is 22.8 Å². The van der Waals surface area contributed by atoms with E-state index in [1.165, 1.54) is 5.56 Å². The molecule has 0 bridgehead atoms. The van der Waals surface area contributed by atoms with E-state index in [9.17, 15) is 4.79 Å². The van der Waals surface area contributed by atoms with Gasteiger partial charge < -0.3 is 4.57 Å². The van der Waals surface area contributed by atoms with E-state index >= 15 is 0 Å². The van der Waals surface area contributed by atoms with Crippen molar-refractivity contribution in [3.05, 3.63) is 161 Å². The zero-order valence-electron chi connectivity index (χ0n) is 22.9. The van der Waals surface area contributed by atoms with Crippen LogP contribution in [0.15, 0.2) is 122 Å². The van der Waals surface area contributed by atoms with Crippen molar-refractivity contribution < 1.29 is 4.79 Å². The highest BCUT2D eigenvalue weighted by atomic mass is 16.1. The average Bonchev–Trinajstić information content (AvgIpc) is 3.60. The molecule has 7 rings (SSSR count). The molecule has 0 amide bonds. The number of hydrogen-bond acceptors (Lipinski definition) is 3. The summed E-state index contributed by atoms with van der Waals surface area (Å²) in [5.41, 5.74) is 7.29. The van der Waals surface area contributed by atoms with Gasteiger partial charge in [0.25, 0.3) is 0 Å². The molecule has 0 N–H and O–H groups in total. The Labute approximate surface area is 239 Å². The number of hydrogen-bond donors (Lipinski definition) is 0. The van der Waals surface area contributed by atoms with E-state index in [4.69, 9.17) is 10.1 Å². The highest BCUT2D eigenvalue weighted by Gasteiger charge is 2.39. The predicted molar refractivity (Wildman–Crippen MR) is 163 cm³/mol. The lowest BCUT2D eigenvalue weighted by molar-refractivity contribution is 0.104. The SMILES string of the molecule is Cc1c(/C=C/C(=O)c2nn3c4c(cccc24)CCC3)ncn1C(c1ccccc1)(c1ccccc1)c1ccccc1. The van der Waals surface area contributed by atoms with Crippen LogP contribution >= 0.6 is 0 Å². The van der Waals surface area contributed by atoms with Crippen LogP contribution in [0.5, 0.6) is 0 Å². The van der Waals surface area contributed by atoms with Gasteiger partial charge in [-0.2, -0.15) is 5.10 Å². The molecule has 0 spiro atoms. The molecule has 0 atom stereocenters. The van der Waals surface area contributed by atoms with Crippen molar-refractivity contribution in [2.24, 2.45) is 0 Å². The van der Waals surface area contributed by atoms with Gasteiger partial charge in [0, 0.05) is 17.6 Å². The van der Waals surface area contributed by atoms with E-state index in [2.05, 4.69) is 90.4 Å². The standard InChI is InChI=1S/C36H30N4O/c1-26-32(22-23-33(41)34-31-21-11-13-27-14-12-24-40(38-34)35(27)31)37-25-39(26)36(28-15-5-2-6-16-28,29-17-7-3-8-18-29)30-19-9-4-10-20-30/h2-11,13,15-23,25H,12,14,24H2,1H3/b23-22+. The van der Waals surface area contributed by atoms with Crippen molar-refractivity contribution in [2.75, 3.05) is 0 Å². The number of carbonyl (C=O) groups is 1. The lowest BCUT2D eigenvalue weighted by Gasteiger charge is -2.38. The third-order valence-corrected chi connectivity index (χ3v) is 8.28. The zero-order valence-corrected chi connectivity index (χ0v) is 22.9. The molecule has 0 unspecified atom stereocenters. The van der Waals surface area contributed by atoms with Gasteiger partial charge in [0.05, 0.1) is 17.5 Å². The van der Waals surface area contributed by atoms with Crippen LogP contribution in [0.1, 0.15) is 50.6 Å². The summed E-state index contributed by atoms with van der Waals surface area (Å²) in [6, 6.07) is 37.8. The van der Waals surface area contributed by atoms with E-state index < -0.39 is 5.54 Å². The Hall–Kier alpha value is -5.03. The van der Waals surface area contributed by atoms with Crippen LogP contribution < -0.4 is 0 Å². The third kappa shape index (κ3) is 4.04. The van der Waals surface area contributed by atoms with E-state index in [1.807, 2.05) is 47.4 Å². The quantitative estimate of drug-likeness (QED) is 0.123. The molecule has 2 aromatic heterocycles. The topological polar surface area (TPSA) is 52.7 Å². The fraction of sp³-hybridized carbons (Fsp3) is 0.139. The smallest absolute Gasteiger partial charge is 0.206 e. The molecule has 4 aromatic carbocycles. The van der Waals surface area contributed by atoms with Crippen molar-refractivity contribution in [3.8, 4) is 0 Å². The molecule has 0 radical (unpaired) electrons. The number of ketones is 1. The van der Waals surface area contributed by atoms with Gasteiger partial charge >= 0.3 is 0 Å². The maximum atomic E-state index is 13.5. The monoisotopic (exact) mass is 534 g/mol. The zero-order chi connectivity index (χ0) is 27.8. The largest absolute Gasteiger partial charge is 0.316 e. The molecule has 0 saturated heterocycles. The maximum Gasteiger partial charge on any atom is 0.206 e. The summed E-state index contributed by atoms with van der Waals surface area (Å²) in [6.07, 6.45) is 7.40. The number of para-hydroxylation sites is 1. The molecule has 41 heavy (non-hydrogen) atoms. The highest BCUT2D eigenvalue weighted by Crippen LogP contribution is 2.42. The average molecular weight is 535 g/mol. The van der Waals surface area contributed by atoms with Crippen molar-refractivity contribution in [2.45, 2.75) is 31.8 Å². The third-order valence-electron chi connectivity index (χ3n) is 8.28. The van der Waals surface area contributed by atoms with E-state index in [0.29, 0.717) is 5.69 Å². The summed E-state index contributed by atoms with van der Waals surface area (Å²) in [5, 5.41) is 5.63. The first-order valence-electron chi connectivity index (χ1n) is 14.1. The van der Waals surface area contributed by atoms with E-state index in [-0.39, 0.29) is 5.78 Å². The first kappa shape index (κ1) is 25.0. The van der Waals surface area contributed by atoms with Gasteiger partial charge in [0.2, 0.25) is 5.78 Å².